The van der Waals surface area contributed by atoms with Crippen LogP contribution in [-0.4, -0.2) is 72.3 Å². The average Bonchev–Trinajstić information content (AvgIpc) is 2.52. The Morgan fingerprint density at radius 1 is 1.35 bits per heavy atom. The van der Waals surface area contributed by atoms with Crippen LogP contribution in [-0.2, 0) is 0 Å². The molecule has 1 unspecified atom stereocenters. The van der Waals surface area contributed by atoms with Crippen LogP contribution in [0.2, 0.25) is 0 Å². The summed E-state index contributed by atoms with van der Waals surface area (Å²) in [6.45, 7) is 9.36. The molecule has 2 heterocycles. The number of aromatic nitrogens is 1. The number of pyridine rings is 1. The number of piperazine rings is 1. The Labute approximate surface area is 121 Å². The van der Waals surface area contributed by atoms with Gasteiger partial charge in [0.05, 0.1) is 6.61 Å². The van der Waals surface area contributed by atoms with E-state index in [0.29, 0.717) is 6.04 Å². The summed E-state index contributed by atoms with van der Waals surface area (Å²) >= 11 is 0. The number of hydrogen-bond donors (Lipinski definition) is 2. The van der Waals surface area contributed by atoms with Crippen LogP contribution in [0.5, 0.6) is 0 Å². The van der Waals surface area contributed by atoms with Gasteiger partial charge in [-0.15, -0.1) is 0 Å². The van der Waals surface area contributed by atoms with Crippen molar-refractivity contribution in [3.8, 4) is 0 Å². The third-order valence-electron chi connectivity index (χ3n) is 3.97. The van der Waals surface area contributed by atoms with Gasteiger partial charge in [-0.05, 0) is 24.2 Å². The highest BCUT2D eigenvalue weighted by atomic mass is 16.3. The molecule has 1 aliphatic rings. The number of likely N-dealkylation sites (N-methyl/N-ethyl adjacent to an activating group) is 1. The molecule has 1 atom stereocenters. The largest absolute Gasteiger partial charge is 0.395 e. The summed E-state index contributed by atoms with van der Waals surface area (Å²) in [5, 5.41) is 12.7. The van der Waals surface area contributed by atoms with Crippen LogP contribution in [0.25, 0.3) is 0 Å². The molecule has 0 amide bonds. The van der Waals surface area contributed by atoms with Crippen molar-refractivity contribution < 1.29 is 5.11 Å². The molecule has 1 aromatic rings. The Balaban J connectivity index is 2.10. The maximum absolute atomic E-state index is 9.29. The van der Waals surface area contributed by atoms with Gasteiger partial charge in [0.25, 0.3) is 0 Å². The zero-order valence-electron chi connectivity index (χ0n) is 12.3. The Bertz CT molecular complexity index is 367. The first-order chi connectivity index (χ1) is 9.85. The fraction of sp³-hybridized carbons (Fsp3) is 0.667. The zero-order chi connectivity index (χ0) is 14.2. The van der Waals surface area contributed by atoms with Gasteiger partial charge < -0.3 is 10.4 Å². The molecule has 1 fully saturated rings. The first-order valence-corrected chi connectivity index (χ1v) is 7.53. The fourth-order valence-corrected chi connectivity index (χ4v) is 2.82. The van der Waals surface area contributed by atoms with E-state index < -0.39 is 0 Å². The molecular formula is C15H26N4O. The lowest BCUT2D eigenvalue weighted by Crippen LogP contribution is -2.47. The number of rotatable bonds is 7. The van der Waals surface area contributed by atoms with E-state index in [1.807, 2.05) is 12.4 Å². The summed E-state index contributed by atoms with van der Waals surface area (Å²) in [5.74, 6) is 0. The summed E-state index contributed by atoms with van der Waals surface area (Å²) in [7, 11) is 0. The summed E-state index contributed by atoms with van der Waals surface area (Å²) in [6, 6.07) is 4.51. The lowest BCUT2D eigenvalue weighted by molar-refractivity contribution is 0.113. The molecule has 2 rings (SSSR count). The monoisotopic (exact) mass is 278 g/mol. The molecule has 0 radical (unpaired) electrons. The minimum absolute atomic E-state index is 0.205. The second-order valence-corrected chi connectivity index (χ2v) is 5.20. The van der Waals surface area contributed by atoms with E-state index in [-0.39, 0.29) is 6.61 Å². The molecule has 1 saturated heterocycles. The maximum Gasteiger partial charge on any atom is 0.0558 e. The molecule has 2 N–H and O–H groups in total. The van der Waals surface area contributed by atoms with Crippen LogP contribution in [0.1, 0.15) is 18.5 Å². The maximum atomic E-state index is 9.29. The van der Waals surface area contributed by atoms with Crippen molar-refractivity contribution in [1.29, 1.82) is 0 Å². The number of hydrogen-bond acceptors (Lipinski definition) is 5. The Morgan fingerprint density at radius 3 is 2.65 bits per heavy atom. The second-order valence-electron chi connectivity index (χ2n) is 5.20. The highest BCUT2D eigenvalue weighted by Gasteiger charge is 2.22. The molecule has 0 saturated carbocycles. The lowest BCUT2D eigenvalue weighted by atomic mass is 10.1. The Hall–Kier alpha value is -1.01. The van der Waals surface area contributed by atoms with Crippen LogP contribution < -0.4 is 5.32 Å². The highest BCUT2D eigenvalue weighted by Crippen LogP contribution is 2.21. The predicted octanol–water partition coefficient (Wildman–Crippen LogP) is 0.342. The van der Waals surface area contributed by atoms with Gasteiger partial charge in [-0.2, -0.15) is 0 Å². The third-order valence-corrected chi connectivity index (χ3v) is 3.97. The topological polar surface area (TPSA) is 51.6 Å². The van der Waals surface area contributed by atoms with Crippen LogP contribution in [0.15, 0.2) is 24.5 Å². The predicted molar refractivity (Wildman–Crippen MR) is 80.6 cm³/mol. The van der Waals surface area contributed by atoms with Crippen LogP contribution in [0.3, 0.4) is 0 Å². The molecule has 1 aromatic heterocycles. The van der Waals surface area contributed by atoms with Crippen molar-refractivity contribution in [1.82, 2.24) is 20.1 Å². The van der Waals surface area contributed by atoms with Crippen molar-refractivity contribution in [2.45, 2.75) is 13.0 Å². The molecule has 0 spiro atoms. The van der Waals surface area contributed by atoms with Gasteiger partial charge in [0.15, 0.2) is 0 Å². The van der Waals surface area contributed by atoms with Gasteiger partial charge in [-0.3, -0.25) is 14.8 Å². The van der Waals surface area contributed by atoms with Gasteiger partial charge >= 0.3 is 0 Å². The summed E-state index contributed by atoms with van der Waals surface area (Å²) in [6.07, 6.45) is 3.71. The smallest absolute Gasteiger partial charge is 0.0558 e. The second kappa shape index (κ2) is 8.32. The van der Waals surface area contributed by atoms with Crippen molar-refractivity contribution in [3.63, 3.8) is 0 Å². The molecule has 112 valence electrons. The minimum atomic E-state index is 0.205. The van der Waals surface area contributed by atoms with Crippen molar-refractivity contribution in [3.05, 3.63) is 30.1 Å². The molecule has 20 heavy (non-hydrogen) atoms. The van der Waals surface area contributed by atoms with E-state index in [1.165, 1.54) is 5.56 Å². The first kappa shape index (κ1) is 15.4. The van der Waals surface area contributed by atoms with E-state index >= 15 is 0 Å². The van der Waals surface area contributed by atoms with Crippen molar-refractivity contribution in [2.24, 2.45) is 0 Å². The van der Waals surface area contributed by atoms with Gasteiger partial charge in [0.2, 0.25) is 0 Å². The van der Waals surface area contributed by atoms with E-state index in [4.69, 9.17) is 0 Å². The number of nitrogens with one attached hydrogen (secondary N) is 1. The standard InChI is InChI=1S/C15H26N4O/c1-2-19(11-12-20)15(14-3-5-16-6-4-14)13-18-9-7-17-8-10-18/h3-6,15,17,20H,2,7-13H2,1H3. The number of aliphatic hydroxyl groups excluding tert-OH is 1. The number of nitrogens with zero attached hydrogens (tertiary/aromatic N) is 3. The Morgan fingerprint density at radius 2 is 2.05 bits per heavy atom. The van der Waals surface area contributed by atoms with E-state index in [2.05, 4.69) is 39.2 Å². The molecule has 5 heteroatoms. The van der Waals surface area contributed by atoms with Gasteiger partial charge in [-0.25, -0.2) is 0 Å². The average molecular weight is 278 g/mol. The van der Waals surface area contributed by atoms with Crippen molar-refractivity contribution in [2.75, 3.05) is 52.4 Å². The van der Waals surface area contributed by atoms with E-state index in [0.717, 1.165) is 45.8 Å². The number of aliphatic hydroxyl groups is 1. The molecule has 0 aliphatic carbocycles. The zero-order valence-corrected chi connectivity index (χ0v) is 12.3. The van der Waals surface area contributed by atoms with Crippen molar-refractivity contribution >= 4 is 0 Å². The van der Waals surface area contributed by atoms with Crippen LogP contribution in [0.4, 0.5) is 0 Å². The van der Waals surface area contributed by atoms with Gasteiger partial charge in [-0.1, -0.05) is 6.92 Å². The summed E-state index contributed by atoms with van der Waals surface area (Å²) in [4.78, 5) is 8.96. The lowest BCUT2D eigenvalue weighted by Gasteiger charge is -2.36. The summed E-state index contributed by atoms with van der Waals surface area (Å²) in [5.41, 5.74) is 1.29. The molecule has 0 bridgehead atoms. The SMILES string of the molecule is CCN(CCO)C(CN1CCNCC1)c1ccncc1. The molecule has 5 nitrogen and oxygen atoms in total. The van der Waals surface area contributed by atoms with Gasteiger partial charge in [0, 0.05) is 57.7 Å². The normalized spacial score (nSPS) is 18.4. The molecule has 1 aliphatic heterocycles. The van der Waals surface area contributed by atoms with Crippen LogP contribution in [0, 0.1) is 0 Å². The van der Waals surface area contributed by atoms with Crippen LogP contribution >= 0.6 is 0 Å². The summed E-state index contributed by atoms with van der Waals surface area (Å²) < 4.78 is 0. The van der Waals surface area contributed by atoms with Gasteiger partial charge in [0.1, 0.15) is 0 Å². The fourth-order valence-electron chi connectivity index (χ4n) is 2.82. The minimum Gasteiger partial charge on any atom is -0.395 e. The quantitative estimate of drug-likeness (QED) is 0.753. The van der Waals surface area contributed by atoms with E-state index in [9.17, 15) is 5.11 Å². The molecule has 0 aromatic carbocycles. The third kappa shape index (κ3) is 4.24. The highest BCUT2D eigenvalue weighted by molar-refractivity contribution is 5.16. The molecular weight excluding hydrogens is 252 g/mol. The van der Waals surface area contributed by atoms with E-state index in [1.54, 1.807) is 0 Å². The Kier molecular flexibility index (Phi) is 6.39. The first-order valence-electron chi connectivity index (χ1n) is 7.53.